The second kappa shape index (κ2) is 5.41. The van der Waals surface area contributed by atoms with Crippen LogP contribution in [0.2, 0.25) is 5.02 Å². The van der Waals surface area contributed by atoms with Gasteiger partial charge in [0.05, 0.1) is 0 Å². The average Bonchev–Trinajstić information content (AvgIpc) is 2.13. The lowest BCUT2D eigenvalue weighted by Crippen LogP contribution is -2.24. The fraction of sp³-hybridized carbons (Fsp3) is 0.462. The number of carbonyl (C=O) groups excluding carboxylic acids is 1. The molecule has 0 aliphatic carbocycles. The van der Waals surface area contributed by atoms with Crippen molar-refractivity contribution in [2.45, 2.75) is 39.2 Å². The summed E-state index contributed by atoms with van der Waals surface area (Å²) < 4.78 is 5.19. The number of hydrogen-bond acceptors (Lipinski definition) is 3. The molecule has 0 bridgehead atoms. The molecule has 0 aliphatic heterocycles. The van der Waals surface area contributed by atoms with Gasteiger partial charge in [0.15, 0.2) is 0 Å². The van der Waals surface area contributed by atoms with E-state index in [9.17, 15) is 9.90 Å². The van der Waals surface area contributed by atoms with E-state index in [1.54, 1.807) is 12.1 Å². The lowest BCUT2D eigenvalue weighted by Gasteiger charge is -2.19. The molecule has 0 heterocycles. The topological polar surface area (TPSA) is 46.5 Å². The van der Waals surface area contributed by atoms with Crippen LogP contribution >= 0.6 is 11.6 Å². The molecule has 0 spiro atoms. The summed E-state index contributed by atoms with van der Waals surface area (Å²) in [6.07, 6.45) is 0.787. The van der Waals surface area contributed by atoms with Crippen molar-refractivity contribution in [2.24, 2.45) is 0 Å². The summed E-state index contributed by atoms with van der Waals surface area (Å²) in [5, 5.41) is 9.66. The molecular weight excluding hydrogens is 240 g/mol. The van der Waals surface area contributed by atoms with Crippen LogP contribution in [0.4, 0.5) is 0 Å². The SMILES string of the molecule is CC(C)(C)OC(=O)CCc1ccc(O)cc1Cl. The maximum atomic E-state index is 11.5. The summed E-state index contributed by atoms with van der Waals surface area (Å²) in [6, 6.07) is 4.73. The van der Waals surface area contributed by atoms with E-state index in [0.717, 1.165) is 5.56 Å². The van der Waals surface area contributed by atoms with Crippen LogP contribution in [0, 0.1) is 0 Å². The van der Waals surface area contributed by atoms with Crippen molar-refractivity contribution in [2.75, 3.05) is 0 Å². The molecule has 0 radical (unpaired) electrons. The molecule has 0 aromatic heterocycles. The number of esters is 1. The van der Waals surface area contributed by atoms with Crippen LogP contribution in [-0.4, -0.2) is 16.7 Å². The normalized spacial score (nSPS) is 11.3. The van der Waals surface area contributed by atoms with Gasteiger partial charge in [0.2, 0.25) is 0 Å². The van der Waals surface area contributed by atoms with Crippen LogP contribution in [0.5, 0.6) is 5.75 Å². The van der Waals surface area contributed by atoms with E-state index in [1.807, 2.05) is 20.8 Å². The molecule has 1 aromatic rings. The molecule has 0 aliphatic rings. The minimum atomic E-state index is -0.462. The summed E-state index contributed by atoms with van der Waals surface area (Å²) in [5.41, 5.74) is 0.367. The highest BCUT2D eigenvalue weighted by atomic mass is 35.5. The zero-order chi connectivity index (χ0) is 13.1. The van der Waals surface area contributed by atoms with E-state index in [4.69, 9.17) is 16.3 Å². The summed E-state index contributed by atoms with van der Waals surface area (Å²) in [6.45, 7) is 5.50. The molecular formula is C13H17ClO3. The predicted molar refractivity (Wildman–Crippen MR) is 67.3 cm³/mol. The molecule has 0 saturated heterocycles. The van der Waals surface area contributed by atoms with Crippen molar-refractivity contribution in [3.05, 3.63) is 28.8 Å². The van der Waals surface area contributed by atoms with Crippen LogP contribution in [0.25, 0.3) is 0 Å². The Morgan fingerprint density at radius 2 is 2.06 bits per heavy atom. The van der Waals surface area contributed by atoms with Gasteiger partial charge in [-0.3, -0.25) is 4.79 Å². The van der Waals surface area contributed by atoms with E-state index >= 15 is 0 Å². The first-order valence-corrected chi connectivity index (χ1v) is 5.85. The minimum Gasteiger partial charge on any atom is -0.508 e. The van der Waals surface area contributed by atoms with Crippen molar-refractivity contribution in [1.82, 2.24) is 0 Å². The van der Waals surface area contributed by atoms with Gasteiger partial charge in [-0.25, -0.2) is 0 Å². The van der Waals surface area contributed by atoms with Crippen molar-refractivity contribution in [3.63, 3.8) is 0 Å². The van der Waals surface area contributed by atoms with Crippen molar-refractivity contribution in [1.29, 1.82) is 0 Å². The standard InChI is InChI=1S/C13H17ClO3/c1-13(2,3)17-12(16)7-5-9-4-6-10(15)8-11(9)14/h4,6,8,15H,5,7H2,1-3H3. The van der Waals surface area contributed by atoms with Crippen molar-refractivity contribution < 1.29 is 14.6 Å². The Balaban J connectivity index is 2.53. The number of carbonyl (C=O) groups is 1. The Morgan fingerprint density at radius 3 is 2.59 bits per heavy atom. The van der Waals surface area contributed by atoms with E-state index in [-0.39, 0.29) is 18.1 Å². The molecule has 94 valence electrons. The molecule has 1 aromatic carbocycles. The number of benzene rings is 1. The fourth-order valence-corrected chi connectivity index (χ4v) is 1.64. The van der Waals surface area contributed by atoms with Crippen LogP contribution in [-0.2, 0) is 16.0 Å². The fourth-order valence-electron chi connectivity index (χ4n) is 1.37. The van der Waals surface area contributed by atoms with Gasteiger partial charge < -0.3 is 9.84 Å². The van der Waals surface area contributed by atoms with E-state index < -0.39 is 5.60 Å². The third-order valence-corrected chi connectivity index (χ3v) is 2.41. The zero-order valence-electron chi connectivity index (χ0n) is 10.3. The Hall–Kier alpha value is -1.22. The first-order chi connectivity index (χ1) is 7.78. The van der Waals surface area contributed by atoms with Gasteiger partial charge in [-0.05, 0) is 44.9 Å². The van der Waals surface area contributed by atoms with Gasteiger partial charge in [0, 0.05) is 11.4 Å². The smallest absolute Gasteiger partial charge is 0.306 e. The third-order valence-electron chi connectivity index (χ3n) is 2.06. The molecule has 3 nitrogen and oxygen atoms in total. The van der Waals surface area contributed by atoms with Crippen molar-refractivity contribution >= 4 is 17.6 Å². The highest BCUT2D eigenvalue weighted by molar-refractivity contribution is 6.31. The molecule has 0 saturated carbocycles. The number of aromatic hydroxyl groups is 1. The Morgan fingerprint density at radius 1 is 1.41 bits per heavy atom. The minimum absolute atomic E-state index is 0.121. The quantitative estimate of drug-likeness (QED) is 0.844. The van der Waals surface area contributed by atoms with Crippen LogP contribution in [0.1, 0.15) is 32.8 Å². The number of phenols is 1. The van der Waals surface area contributed by atoms with Gasteiger partial charge in [0.25, 0.3) is 0 Å². The Kier molecular flexibility index (Phi) is 4.40. The maximum Gasteiger partial charge on any atom is 0.306 e. The van der Waals surface area contributed by atoms with E-state index in [1.165, 1.54) is 6.07 Å². The lowest BCUT2D eigenvalue weighted by atomic mass is 10.1. The number of aryl methyl sites for hydroxylation is 1. The van der Waals surface area contributed by atoms with Crippen LogP contribution in [0.3, 0.4) is 0 Å². The summed E-state index contributed by atoms with van der Waals surface area (Å²) in [5.74, 6) is -0.127. The van der Waals surface area contributed by atoms with Gasteiger partial charge in [-0.2, -0.15) is 0 Å². The largest absolute Gasteiger partial charge is 0.508 e. The highest BCUT2D eigenvalue weighted by Crippen LogP contribution is 2.23. The second-order valence-electron chi connectivity index (χ2n) is 4.86. The zero-order valence-corrected chi connectivity index (χ0v) is 11.0. The Labute approximate surface area is 106 Å². The van der Waals surface area contributed by atoms with Gasteiger partial charge in [0.1, 0.15) is 11.4 Å². The maximum absolute atomic E-state index is 11.5. The summed E-state index contributed by atoms with van der Waals surface area (Å²) >= 11 is 5.93. The third kappa shape index (κ3) is 5.09. The van der Waals surface area contributed by atoms with Crippen LogP contribution < -0.4 is 0 Å². The first-order valence-electron chi connectivity index (χ1n) is 5.47. The molecule has 0 atom stereocenters. The second-order valence-corrected chi connectivity index (χ2v) is 5.27. The van der Waals surface area contributed by atoms with E-state index in [2.05, 4.69) is 0 Å². The number of phenolic OH excluding ortho intramolecular Hbond substituents is 1. The van der Waals surface area contributed by atoms with Gasteiger partial charge >= 0.3 is 5.97 Å². The lowest BCUT2D eigenvalue weighted by molar-refractivity contribution is -0.154. The highest BCUT2D eigenvalue weighted by Gasteiger charge is 2.16. The number of ether oxygens (including phenoxy) is 1. The number of hydrogen-bond donors (Lipinski definition) is 1. The predicted octanol–water partition coefficient (Wildman–Crippen LogP) is 3.32. The first kappa shape index (κ1) is 13.8. The van der Waals surface area contributed by atoms with Gasteiger partial charge in [-0.1, -0.05) is 17.7 Å². The van der Waals surface area contributed by atoms with Crippen molar-refractivity contribution in [3.8, 4) is 5.75 Å². The monoisotopic (exact) mass is 256 g/mol. The average molecular weight is 257 g/mol. The summed E-state index contributed by atoms with van der Waals surface area (Å²) in [7, 11) is 0. The molecule has 1 N–H and O–H groups in total. The van der Waals surface area contributed by atoms with E-state index in [0.29, 0.717) is 11.4 Å². The molecule has 0 amide bonds. The Bertz CT molecular complexity index is 408. The summed E-state index contributed by atoms with van der Waals surface area (Å²) in [4.78, 5) is 11.5. The molecule has 0 unspecified atom stereocenters. The number of halogens is 1. The molecule has 4 heteroatoms. The molecule has 1 rings (SSSR count). The number of rotatable bonds is 3. The van der Waals surface area contributed by atoms with Gasteiger partial charge in [-0.15, -0.1) is 0 Å². The molecule has 0 fully saturated rings. The molecule has 17 heavy (non-hydrogen) atoms. The van der Waals surface area contributed by atoms with Crippen LogP contribution in [0.15, 0.2) is 18.2 Å².